The van der Waals surface area contributed by atoms with Crippen LogP contribution in [0.15, 0.2) is 18.2 Å². The largest absolute Gasteiger partial charge is 0.486 e. The third kappa shape index (κ3) is 2.96. The number of fused-ring (bicyclic) bond motifs is 1. The van der Waals surface area contributed by atoms with E-state index in [4.69, 9.17) is 9.47 Å². The van der Waals surface area contributed by atoms with E-state index in [9.17, 15) is 4.79 Å². The Morgan fingerprint density at radius 3 is 2.85 bits per heavy atom. The molecule has 4 nitrogen and oxygen atoms in total. The Morgan fingerprint density at radius 1 is 1.25 bits per heavy atom. The lowest BCUT2D eigenvalue weighted by Crippen LogP contribution is -2.41. The van der Waals surface area contributed by atoms with Gasteiger partial charge in [-0.1, -0.05) is 6.07 Å². The first-order valence-electron chi connectivity index (χ1n) is 7.36. The molecule has 2 heterocycles. The van der Waals surface area contributed by atoms with E-state index >= 15 is 0 Å². The van der Waals surface area contributed by atoms with E-state index in [-0.39, 0.29) is 0 Å². The Balaban J connectivity index is 1.59. The van der Waals surface area contributed by atoms with Crippen LogP contribution in [0.25, 0.3) is 0 Å². The Hall–Kier alpha value is -1.55. The quantitative estimate of drug-likeness (QED) is 0.846. The van der Waals surface area contributed by atoms with Crippen LogP contribution < -0.4 is 9.47 Å². The monoisotopic (exact) mass is 275 g/mol. The van der Waals surface area contributed by atoms with Gasteiger partial charge in [-0.15, -0.1) is 0 Å². The van der Waals surface area contributed by atoms with Crippen LogP contribution in [0.4, 0.5) is 0 Å². The standard InChI is InChI=1S/C16H21NO3/c1-12-10-14(18)5-7-17(12)6-4-13-2-3-15-16(11-13)20-9-8-19-15/h2-3,11-12H,4-10H2,1H3. The summed E-state index contributed by atoms with van der Waals surface area (Å²) in [5.74, 6) is 2.10. The Labute approximate surface area is 119 Å². The maximum Gasteiger partial charge on any atom is 0.161 e. The van der Waals surface area contributed by atoms with E-state index in [0.717, 1.165) is 31.0 Å². The van der Waals surface area contributed by atoms with Crippen molar-refractivity contribution in [2.75, 3.05) is 26.3 Å². The Kier molecular flexibility index (Phi) is 3.92. The van der Waals surface area contributed by atoms with E-state index in [2.05, 4.69) is 24.0 Å². The zero-order valence-electron chi connectivity index (χ0n) is 11.9. The topological polar surface area (TPSA) is 38.8 Å². The van der Waals surface area contributed by atoms with Crippen molar-refractivity contribution < 1.29 is 14.3 Å². The molecule has 2 aliphatic rings. The summed E-state index contributed by atoms with van der Waals surface area (Å²) >= 11 is 0. The lowest BCUT2D eigenvalue weighted by Gasteiger charge is -2.32. The number of ketones is 1. The van der Waals surface area contributed by atoms with Gasteiger partial charge in [-0.3, -0.25) is 9.69 Å². The van der Waals surface area contributed by atoms with Crippen LogP contribution in [0.5, 0.6) is 11.5 Å². The minimum atomic E-state index is 0.369. The van der Waals surface area contributed by atoms with Gasteiger partial charge in [0.2, 0.25) is 0 Å². The van der Waals surface area contributed by atoms with Crippen molar-refractivity contribution in [3.05, 3.63) is 23.8 Å². The molecule has 0 aromatic heterocycles. The van der Waals surface area contributed by atoms with Crippen molar-refractivity contribution in [3.63, 3.8) is 0 Å². The van der Waals surface area contributed by atoms with Crippen LogP contribution in [0.1, 0.15) is 25.3 Å². The van der Waals surface area contributed by atoms with Gasteiger partial charge in [0.15, 0.2) is 11.5 Å². The molecule has 3 rings (SSSR count). The van der Waals surface area contributed by atoms with Crippen LogP contribution in [0.3, 0.4) is 0 Å². The van der Waals surface area contributed by atoms with Gasteiger partial charge in [0.25, 0.3) is 0 Å². The summed E-state index contributed by atoms with van der Waals surface area (Å²) in [7, 11) is 0. The van der Waals surface area contributed by atoms with E-state index in [1.165, 1.54) is 5.56 Å². The molecule has 0 radical (unpaired) electrons. The maximum absolute atomic E-state index is 11.4. The highest BCUT2D eigenvalue weighted by molar-refractivity contribution is 5.79. The smallest absolute Gasteiger partial charge is 0.161 e. The molecule has 1 atom stereocenters. The van der Waals surface area contributed by atoms with Crippen LogP contribution in [-0.2, 0) is 11.2 Å². The molecule has 1 aromatic rings. The lowest BCUT2D eigenvalue weighted by molar-refractivity contribution is -0.122. The summed E-state index contributed by atoms with van der Waals surface area (Å²) in [6.45, 7) is 5.28. The summed E-state index contributed by atoms with van der Waals surface area (Å²) in [6, 6.07) is 6.54. The molecule has 1 fully saturated rings. The van der Waals surface area contributed by atoms with Crippen LogP contribution >= 0.6 is 0 Å². The third-order valence-electron chi connectivity index (χ3n) is 4.12. The highest BCUT2D eigenvalue weighted by Gasteiger charge is 2.23. The molecule has 20 heavy (non-hydrogen) atoms. The maximum atomic E-state index is 11.4. The predicted octanol–water partition coefficient (Wildman–Crippen LogP) is 2.05. The number of ether oxygens (including phenoxy) is 2. The van der Waals surface area contributed by atoms with Gasteiger partial charge in [0.05, 0.1) is 0 Å². The molecule has 0 aliphatic carbocycles. The summed E-state index contributed by atoms with van der Waals surface area (Å²) < 4.78 is 11.1. The zero-order valence-corrected chi connectivity index (χ0v) is 11.9. The normalized spacial score (nSPS) is 22.9. The number of Topliss-reactive ketones (excluding diaryl/α,β-unsaturated/α-hetero) is 1. The van der Waals surface area contributed by atoms with Gasteiger partial charge >= 0.3 is 0 Å². The number of piperidine rings is 1. The minimum Gasteiger partial charge on any atom is -0.486 e. The molecule has 1 aromatic carbocycles. The summed E-state index contributed by atoms with van der Waals surface area (Å²) in [5, 5.41) is 0. The number of benzene rings is 1. The van der Waals surface area contributed by atoms with E-state index in [0.29, 0.717) is 37.9 Å². The Morgan fingerprint density at radius 2 is 2.05 bits per heavy atom. The first-order chi connectivity index (χ1) is 9.72. The molecule has 4 heteroatoms. The van der Waals surface area contributed by atoms with Gasteiger partial charge in [-0.2, -0.15) is 0 Å². The number of hydrogen-bond donors (Lipinski definition) is 0. The third-order valence-corrected chi connectivity index (χ3v) is 4.12. The van der Waals surface area contributed by atoms with Crippen molar-refractivity contribution in [1.82, 2.24) is 4.90 Å². The fraction of sp³-hybridized carbons (Fsp3) is 0.562. The summed E-state index contributed by atoms with van der Waals surface area (Å²) in [5.41, 5.74) is 1.26. The average Bonchev–Trinajstić information content (AvgIpc) is 2.46. The molecule has 0 saturated carbocycles. The molecule has 0 spiro atoms. The SMILES string of the molecule is CC1CC(=O)CCN1CCc1ccc2c(c1)OCCO2. The number of rotatable bonds is 3. The molecule has 0 bridgehead atoms. The second-order valence-corrected chi connectivity index (χ2v) is 5.61. The van der Waals surface area contributed by atoms with Crippen molar-refractivity contribution in [3.8, 4) is 11.5 Å². The van der Waals surface area contributed by atoms with Crippen LogP contribution in [-0.4, -0.2) is 43.0 Å². The Bertz CT molecular complexity index is 500. The predicted molar refractivity (Wildman–Crippen MR) is 76.4 cm³/mol. The van der Waals surface area contributed by atoms with Crippen molar-refractivity contribution in [2.24, 2.45) is 0 Å². The van der Waals surface area contributed by atoms with Crippen molar-refractivity contribution in [2.45, 2.75) is 32.2 Å². The molecule has 0 N–H and O–H groups in total. The van der Waals surface area contributed by atoms with E-state index in [1.807, 2.05) is 6.07 Å². The number of carbonyl (C=O) groups is 1. The van der Waals surface area contributed by atoms with Gasteiger partial charge in [0.1, 0.15) is 19.0 Å². The van der Waals surface area contributed by atoms with Gasteiger partial charge in [-0.25, -0.2) is 0 Å². The minimum absolute atomic E-state index is 0.369. The highest BCUT2D eigenvalue weighted by atomic mass is 16.6. The molecule has 1 saturated heterocycles. The van der Waals surface area contributed by atoms with Gasteiger partial charge in [-0.05, 0) is 31.0 Å². The first kappa shape index (κ1) is 13.4. The molecular weight excluding hydrogens is 254 g/mol. The first-order valence-corrected chi connectivity index (χ1v) is 7.36. The summed E-state index contributed by atoms with van der Waals surface area (Å²) in [4.78, 5) is 13.8. The van der Waals surface area contributed by atoms with E-state index < -0.39 is 0 Å². The van der Waals surface area contributed by atoms with E-state index in [1.54, 1.807) is 0 Å². The second kappa shape index (κ2) is 5.83. The van der Waals surface area contributed by atoms with Crippen molar-refractivity contribution >= 4 is 5.78 Å². The second-order valence-electron chi connectivity index (χ2n) is 5.61. The molecular formula is C16H21NO3. The van der Waals surface area contributed by atoms with Crippen LogP contribution in [0.2, 0.25) is 0 Å². The number of nitrogens with zero attached hydrogens (tertiary/aromatic N) is 1. The fourth-order valence-electron chi connectivity index (χ4n) is 2.90. The molecule has 108 valence electrons. The molecule has 1 unspecified atom stereocenters. The number of likely N-dealkylation sites (tertiary alicyclic amines) is 1. The van der Waals surface area contributed by atoms with Gasteiger partial charge < -0.3 is 9.47 Å². The summed E-state index contributed by atoms with van der Waals surface area (Å²) in [6.07, 6.45) is 2.38. The molecule has 0 amide bonds. The lowest BCUT2D eigenvalue weighted by atomic mass is 10.0. The fourth-order valence-corrected chi connectivity index (χ4v) is 2.90. The average molecular weight is 275 g/mol. The van der Waals surface area contributed by atoms with Crippen molar-refractivity contribution in [1.29, 1.82) is 0 Å². The number of hydrogen-bond acceptors (Lipinski definition) is 4. The van der Waals surface area contributed by atoms with Crippen LogP contribution in [0, 0.1) is 0 Å². The highest BCUT2D eigenvalue weighted by Crippen LogP contribution is 2.31. The zero-order chi connectivity index (χ0) is 13.9. The number of carbonyl (C=O) groups excluding carboxylic acids is 1. The van der Waals surface area contributed by atoms with Gasteiger partial charge in [0, 0.05) is 32.0 Å². The molecule has 2 aliphatic heterocycles.